The van der Waals surface area contributed by atoms with Gasteiger partial charge in [0.05, 0.1) is 28.1 Å². The van der Waals surface area contributed by atoms with Gasteiger partial charge in [-0.25, -0.2) is 9.37 Å². The number of anilines is 4. The molecule has 0 fully saturated rings. The number of benzene rings is 2. The fourth-order valence-corrected chi connectivity index (χ4v) is 3.33. The Hall–Kier alpha value is -4.55. The molecule has 2 heterocycles. The molecule has 9 nitrogen and oxygen atoms in total. The van der Waals surface area contributed by atoms with Crippen molar-refractivity contribution in [3.8, 4) is 11.1 Å². The van der Waals surface area contributed by atoms with Crippen molar-refractivity contribution in [2.24, 2.45) is 7.05 Å². The van der Waals surface area contributed by atoms with Gasteiger partial charge < -0.3 is 10.2 Å². The summed E-state index contributed by atoms with van der Waals surface area (Å²) in [6.45, 7) is 0. The van der Waals surface area contributed by atoms with E-state index in [1.54, 1.807) is 17.9 Å². The molecule has 0 bridgehead atoms. The van der Waals surface area contributed by atoms with E-state index in [9.17, 15) is 27.7 Å². The Labute approximate surface area is 195 Å². The number of nitro groups is 1. The topological polar surface area (TPSA) is 102 Å². The zero-order chi connectivity index (χ0) is 25.3. The number of hydrogen-bond donors (Lipinski definition) is 1. The Bertz CT molecular complexity index is 1390. The molecule has 0 aliphatic carbocycles. The first-order chi connectivity index (χ1) is 16.5. The average molecular weight is 487 g/mol. The first-order valence-corrected chi connectivity index (χ1v) is 10.0. The number of rotatable bonds is 6. The number of hydrogen-bond acceptors (Lipinski definition) is 7. The second-order valence-electron chi connectivity index (χ2n) is 7.49. The molecule has 0 aliphatic heterocycles. The van der Waals surface area contributed by atoms with Gasteiger partial charge >= 0.3 is 6.18 Å². The van der Waals surface area contributed by atoms with Crippen LogP contribution >= 0.6 is 0 Å². The second-order valence-corrected chi connectivity index (χ2v) is 7.49. The van der Waals surface area contributed by atoms with E-state index in [0.29, 0.717) is 11.3 Å². The fourth-order valence-electron chi connectivity index (χ4n) is 3.33. The molecule has 0 saturated carbocycles. The lowest BCUT2D eigenvalue weighted by Gasteiger charge is -2.22. The van der Waals surface area contributed by atoms with Gasteiger partial charge in [-0.2, -0.15) is 23.3 Å². The summed E-state index contributed by atoms with van der Waals surface area (Å²) in [6, 6.07) is 7.34. The monoisotopic (exact) mass is 487 g/mol. The highest BCUT2D eigenvalue weighted by molar-refractivity contribution is 5.80. The van der Waals surface area contributed by atoms with E-state index in [1.807, 2.05) is 0 Å². The normalized spacial score (nSPS) is 11.4. The van der Waals surface area contributed by atoms with Crippen molar-refractivity contribution in [2.45, 2.75) is 6.18 Å². The van der Waals surface area contributed by atoms with Crippen LogP contribution in [0, 0.1) is 15.9 Å². The zero-order valence-electron chi connectivity index (χ0n) is 18.3. The van der Waals surface area contributed by atoms with Gasteiger partial charge in [0.2, 0.25) is 5.95 Å². The van der Waals surface area contributed by atoms with Gasteiger partial charge in [-0.15, -0.1) is 0 Å². The van der Waals surface area contributed by atoms with E-state index < -0.39 is 22.5 Å². The summed E-state index contributed by atoms with van der Waals surface area (Å²) in [5.41, 5.74) is -0.158. The Kier molecular flexibility index (Phi) is 6.07. The van der Waals surface area contributed by atoms with Crippen molar-refractivity contribution in [1.82, 2.24) is 19.7 Å². The SMILES string of the molecule is CN(c1cc([N+](=O)[O-])ccc1F)c1nc(Nc2cnn(C)c2)ncc1-c1ccc(C(F)(F)F)cc1. The number of aromatic nitrogens is 4. The minimum atomic E-state index is -4.52. The molecule has 4 rings (SSSR count). The van der Waals surface area contributed by atoms with Crippen LogP contribution in [0.25, 0.3) is 11.1 Å². The summed E-state index contributed by atoms with van der Waals surface area (Å²) < 4.78 is 55.3. The van der Waals surface area contributed by atoms with Crippen LogP contribution in [-0.4, -0.2) is 31.7 Å². The third kappa shape index (κ3) is 5.03. The molecular weight excluding hydrogens is 470 g/mol. The van der Waals surface area contributed by atoms with Gasteiger partial charge in [0.1, 0.15) is 11.6 Å². The molecule has 1 N–H and O–H groups in total. The minimum Gasteiger partial charge on any atom is -0.326 e. The molecule has 180 valence electrons. The Morgan fingerprint density at radius 2 is 1.83 bits per heavy atom. The maximum atomic E-state index is 14.7. The van der Waals surface area contributed by atoms with Gasteiger partial charge in [0.15, 0.2) is 0 Å². The summed E-state index contributed by atoms with van der Waals surface area (Å²) >= 11 is 0. The number of alkyl halides is 3. The molecule has 0 unspecified atom stereocenters. The van der Waals surface area contributed by atoms with Crippen LogP contribution in [0.15, 0.2) is 61.1 Å². The predicted molar refractivity (Wildman–Crippen MR) is 120 cm³/mol. The van der Waals surface area contributed by atoms with Crippen LogP contribution in [0.4, 0.5) is 46.4 Å². The standard InChI is InChI=1S/C22H17F4N7O2/c1-31-12-15(10-28-31)29-21-27-11-17(13-3-5-14(6-4-13)22(24,25)26)20(30-21)32(2)19-9-16(33(34)35)7-8-18(19)23/h3-12H,1-2H3,(H,27,29,30). The van der Waals surface area contributed by atoms with E-state index in [4.69, 9.17) is 0 Å². The van der Waals surface area contributed by atoms with Gasteiger partial charge in [-0.1, -0.05) is 12.1 Å². The van der Waals surface area contributed by atoms with Crippen LogP contribution in [0.5, 0.6) is 0 Å². The summed E-state index contributed by atoms with van der Waals surface area (Å²) in [7, 11) is 3.15. The molecule has 35 heavy (non-hydrogen) atoms. The Balaban J connectivity index is 1.82. The summed E-state index contributed by atoms with van der Waals surface area (Å²) in [6.07, 6.45) is 0.0428. The van der Waals surface area contributed by atoms with E-state index in [-0.39, 0.29) is 28.7 Å². The van der Waals surface area contributed by atoms with E-state index in [1.165, 1.54) is 36.5 Å². The molecule has 4 aromatic rings. The van der Waals surface area contributed by atoms with Crippen LogP contribution in [0.3, 0.4) is 0 Å². The summed E-state index contributed by atoms with van der Waals surface area (Å²) in [5.74, 6) is -0.552. The van der Waals surface area contributed by atoms with Crippen molar-refractivity contribution < 1.29 is 22.5 Å². The van der Waals surface area contributed by atoms with Gasteiger partial charge in [0.25, 0.3) is 5.69 Å². The smallest absolute Gasteiger partial charge is 0.326 e. The number of halogens is 4. The number of nitrogens with one attached hydrogen (secondary N) is 1. The minimum absolute atomic E-state index is 0.0985. The first kappa shape index (κ1) is 23.6. The van der Waals surface area contributed by atoms with E-state index in [0.717, 1.165) is 30.3 Å². The molecule has 0 atom stereocenters. The van der Waals surface area contributed by atoms with E-state index in [2.05, 4.69) is 20.4 Å². The largest absolute Gasteiger partial charge is 0.416 e. The van der Waals surface area contributed by atoms with Crippen molar-refractivity contribution in [1.29, 1.82) is 0 Å². The van der Waals surface area contributed by atoms with Gasteiger partial charge in [-0.3, -0.25) is 14.8 Å². The number of nitrogens with zero attached hydrogens (tertiary/aromatic N) is 6. The Morgan fingerprint density at radius 1 is 1.11 bits per heavy atom. The average Bonchev–Trinajstić information content (AvgIpc) is 3.22. The van der Waals surface area contributed by atoms with Crippen LogP contribution in [0.2, 0.25) is 0 Å². The van der Waals surface area contributed by atoms with Crippen LogP contribution in [0.1, 0.15) is 5.56 Å². The molecule has 0 aliphatic rings. The first-order valence-electron chi connectivity index (χ1n) is 10.0. The third-order valence-corrected chi connectivity index (χ3v) is 5.07. The maximum absolute atomic E-state index is 14.7. The molecule has 13 heteroatoms. The molecule has 2 aromatic heterocycles. The predicted octanol–water partition coefficient (Wildman–Crippen LogP) is 5.45. The van der Waals surface area contributed by atoms with Crippen molar-refractivity contribution in [3.05, 3.63) is 82.6 Å². The number of aryl methyl sites for hydroxylation is 1. The number of nitro benzene ring substituents is 1. The molecule has 2 aromatic carbocycles. The lowest BCUT2D eigenvalue weighted by atomic mass is 10.0. The lowest BCUT2D eigenvalue weighted by molar-refractivity contribution is -0.384. The summed E-state index contributed by atoms with van der Waals surface area (Å²) in [4.78, 5) is 20.5. The van der Waals surface area contributed by atoms with Crippen molar-refractivity contribution in [2.75, 3.05) is 17.3 Å². The Morgan fingerprint density at radius 3 is 2.43 bits per heavy atom. The van der Waals surface area contributed by atoms with Crippen LogP contribution in [-0.2, 0) is 13.2 Å². The number of non-ortho nitro benzene ring substituents is 1. The zero-order valence-corrected chi connectivity index (χ0v) is 18.3. The highest BCUT2D eigenvalue weighted by atomic mass is 19.4. The molecular formula is C22H17F4N7O2. The fraction of sp³-hybridized carbons (Fsp3) is 0.136. The van der Waals surface area contributed by atoms with E-state index >= 15 is 0 Å². The molecule has 0 saturated heterocycles. The maximum Gasteiger partial charge on any atom is 0.416 e. The van der Waals surface area contributed by atoms with Gasteiger partial charge in [-0.05, 0) is 23.8 Å². The highest BCUT2D eigenvalue weighted by Gasteiger charge is 2.30. The third-order valence-electron chi connectivity index (χ3n) is 5.07. The lowest BCUT2D eigenvalue weighted by Crippen LogP contribution is -2.16. The quantitative estimate of drug-likeness (QED) is 0.219. The molecule has 0 radical (unpaired) electrons. The molecule has 0 spiro atoms. The second kappa shape index (κ2) is 9.00. The van der Waals surface area contributed by atoms with Gasteiger partial charge in [0, 0.05) is 44.2 Å². The highest BCUT2D eigenvalue weighted by Crippen LogP contribution is 2.37. The van der Waals surface area contributed by atoms with Crippen molar-refractivity contribution in [3.63, 3.8) is 0 Å². The molecule has 0 amide bonds. The summed E-state index contributed by atoms with van der Waals surface area (Å²) in [5, 5.41) is 18.2. The van der Waals surface area contributed by atoms with Crippen LogP contribution < -0.4 is 10.2 Å². The van der Waals surface area contributed by atoms with Crippen molar-refractivity contribution >= 4 is 28.8 Å².